The molecule has 162 valence electrons. The largest absolute Gasteiger partial charge is 0.393 e. The van der Waals surface area contributed by atoms with Gasteiger partial charge in [-0.3, -0.25) is 0 Å². The second-order valence-corrected chi connectivity index (χ2v) is 10.6. The van der Waals surface area contributed by atoms with Gasteiger partial charge in [0.25, 0.3) is 0 Å². The van der Waals surface area contributed by atoms with Crippen LogP contribution in [0.1, 0.15) is 38.2 Å². The number of aliphatic hydroxyl groups is 1. The molecule has 2 fully saturated rings. The summed E-state index contributed by atoms with van der Waals surface area (Å²) in [5.41, 5.74) is 3.45. The second kappa shape index (κ2) is 9.18. The van der Waals surface area contributed by atoms with Gasteiger partial charge in [-0.25, -0.2) is 8.42 Å². The van der Waals surface area contributed by atoms with Gasteiger partial charge in [0.05, 0.1) is 11.0 Å². The summed E-state index contributed by atoms with van der Waals surface area (Å²) in [7, 11) is -3.49. The van der Waals surface area contributed by atoms with Gasteiger partial charge in [-0.2, -0.15) is 4.31 Å². The van der Waals surface area contributed by atoms with Crippen molar-refractivity contribution in [3.8, 4) is 11.1 Å². The highest BCUT2D eigenvalue weighted by Crippen LogP contribution is 2.25. The summed E-state index contributed by atoms with van der Waals surface area (Å²) in [5, 5.41) is 9.62. The lowest BCUT2D eigenvalue weighted by Crippen LogP contribution is -2.39. The van der Waals surface area contributed by atoms with E-state index < -0.39 is 10.0 Å². The number of sulfonamides is 1. The van der Waals surface area contributed by atoms with Gasteiger partial charge in [-0.15, -0.1) is 0 Å². The van der Waals surface area contributed by atoms with Gasteiger partial charge >= 0.3 is 0 Å². The summed E-state index contributed by atoms with van der Waals surface area (Å²) >= 11 is 0. The molecule has 2 aromatic carbocycles. The molecule has 0 aliphatic carbocycles. The molecule has 0 bridgehead atoms. The van der Waals surface area contributed by atoms with E-state index >= 15 is 0 Å². The summed E-state index contributed by atoms with van der Waals surface area (Å²) in [6, 6.07) is 16.5. The fourth-order valence-electron chi connectivity index (χ4n) is 4.51. The van der Waals surface area contributed by atoms with Crippen LogP contribution in [-0.4, -0.2) is 61.1 Å². The molecule has 0 amide bonds. The fourth-order valence-corrected chi connectivity index (χ4v) is 5.98. The molecule has 6 heteroatoms. The molecule has 4 rings (SSSR count). The normalized spacial score (nSPS) is 21.9. The monoisotopic (exact) mass is 428 g/mol. The molecule has 2 aromatic rings. The van der Waals surface area contributed by atoms with Crippen molar-refractivity contribution in [3.63, 3.8) is 0 Å². The van der Waals surface area contributed by atoms with E-state index in [1.807, 2.05) is 12.1 Å². The van der Waals surface area contributed by atoms with Crippen LogP contribution >= 0.6 is 0 Å². The van der Waals surface area contributed by atoms with Gasteiger partial charge in [0, 0.05) is 25.7 Å². The van der Waals surface area contributed by atoms with Crippen molar-refractivity contribution in [1.82, 2.24) is 9.21 Å². The number of benzene rings is 2. The zero-order valence-corrected chi connectivity index (χ0v) is 18.5. The number of nitrogens with zero attached hydrogens (tertiary/aromatic N) is 2. The Kier molecular flexibility index (Phi) is 6.58. The topological polar surface area (TPSA) is 60.9 Å². The molecule has 0 spiro atoms. The standard InChI is InChI=1S/C24H32N2O3S/c1-19-3-2-15-25(19)16-12-20-4-6-21(7-5-20)22-8-10-24(11-9-22)30(28,29)26-17-13-23(27)14-18-26/h4-11,19,23,27H,2-3,12-18H2,1H3. The predicted octanol–water partition coefficient (Wildman–Crippen LogP) is 3.53. The van der Waals surface area contributed by atoms with Crippen LogP contribution in [0.3, 0.4) is 0 Å². The lowest BCUT2D eigenvalue weighted by atomic mass is 10.0. The van der Waals surface area contributed by atoms with Crippen LogP contribution in [-0.2, 0) is 16.4 Å². The Morgan fingerprint density at radius 2 is 1.50 bits per heavy atom. The van der Waals surface area contributed by atoms with Crippen molar-refractivity contribution in [3.05, 3.63) is 54.1 Å². The van der Waals surface area contributed by atoms with Crippen molar-refractivity contribution >= 4 is 10.0 Å². The Morgan fingerprint density at radius 3 is 2.07 bits per heavy atom. The Bertz CT molecular complexity index is 933. The predicted molar refractivity (Wildman–Crippen MR) is 120 cm³/mol. The van der Waals surface area contributed by atoms with Crippen LogP contribution < -0.4 is 0 Å². The molecule has 2 heterocycles. The van der Waals surface area contributed by atoms with Crippen LogP contribution in [0.15, 0.2) is 53.4 Å². The van der Waals surface area contributed by atoms with E-state index in [0.29, 0.717) is 36.9 Å². The molecule has 1 unspecified atom stereocenters. The molecule has 0 aromatic heterocycles. The molecule has 1 atom stereocenters. The van der Waals surface area contributed by atoms with Gasteiger partial charge in [0.15, 0.2) is 0 Å². The van der Waals surface area contributed by atoms with Gasteiger partial charge in [-0.05, 0) is 74.4 Å². The first-order valence-electron chi connectivity index (χ1n) is 11.0. The lowest BCUT2D eigenvalue weighted by molar-refractivity contribution is 0.113. The Labute approximate surface area is 180 Å². The van der Waals surface area contributed by atoms with Gasteiger partial charge < -0.3 is 10.0 Å². The maximum absolute atomic E-state index is 12.8. The van der Waals surface area contributed by atoms with Crippen molar-refractivity contribution in [2.24, 2.45) is 0 Å². The molecular formula is C24H32N2O3S. The van der Waals surface area contributed by atoms with Gasteiger partial charge in [-0.1, -0.05) is 36.4 Å². The van der Waals surface area contributed by atoms with Crippen molar-refractivity contribution in [2.45, 2.75) is 56.1 Å². The first-order chi connectivity index (χ1) is 14.4. The van der Waals surface area contributed by atoms with Crippen LogP contribution in [0.2, 0.25) is 0 Å². The van der Waals surface area contributed by atoms with E-state index in [2.05, 4.69) is 36.1 Å². The third kappa shape index (κ3) is 4.78. The molecule has 0 radical (unpaired) electrons. The molecule has 2 saturated heterocycles. The number of aliphatic hydroxyl groups excluding tert-OH is 1. The van der Waals surface area contributed by atoms with E-state index in [1.165, 1.54) is 29.3 Å². The van der Waals surface area contributed by atoms with Crippen LogP contribution in [0, 0.1) is 0 Å². The van der Waals surface area contributed by atoms with Gasteiger partial charge in [0.1, 0.15) is 0 Å². The SMILES string of the molecule is CC1CCCN1CCc1ccc(-c2ccc(S(=O)(=O)N3CCC(O)CC3)cc2)cc1. The number of rotatable bonds is 6. The summed E-state index contributed by atoms with van der Waals surface area (Å²) in [5.74, 6) is 0. The summed E-state index contributed by atoms with van der Waals surface area (Å²) in [4.78, 5) is 2.88. The average Bonchev–Trinajstić information content (AvgIpc) is 3.18. The minimum Gasteiger partial charge on any atom is -0.393 e. The third-order valence-electron chi connectivity index (χ3n) is 6.58. The van der Waals surface area contributed by atoms with Gasteiger partial charge in [0.2, 0.25) is 10.0 Å². The summed E-state index contributed by atoms with van der Waals surface area (Å²) < 4.78 is 27.1. The van der Waals surface area contributed by atoms with E-state index in [1.54, 1.807) is 12.1 Å². The lowest BCUT2D eigenvalue weighted by Gasteiger charge is -2.28. The highest BCUT2D eigenvalue weighted by atomic mass is 32.2. The van der Waals surface area contributed by atoms with E-state index in [-0.39, 0.29) is 6.10 Å². The number of likely N-dealkylation sites (tertiary alicyclic amines) is 1. The number of hydrogen-bond donors (Lipinski definition) is 1. The van der Waals surface area contributed by atoms with Crippen molar-refractivity contribution in [2.75, 3.05) is 26.2 Å². The van der Waals surface area contributed by atoms with Crippen molar-refractivity contribution < 1.29 is 13.5 Å². The molecular weight excluding hydrogens is 396 g/mol. The van der Waals surface area contributed by atoms with Crippen LogP contribution in [0.25, 0.3) is 11.1 Å². The molecule has 0 saturated carbocycles. The van der Waals surface area contributed by atoms with E-state index in [0.717, 1.165) is 24.1 Å². The average molecular weight is 429 g/mol. The maximum atomic E-state index is 12.8. The van der Waals surface area contributed by atoms with E-state index in [9.17, 15) is 13.5 Å². The minimum absolute atomic E-state index is 0.319. The summed E-state index contributed by atoms with van der Waals surface area (Å²) in [6.07, 6.45) is 4.30. The maximum Gasteiger partial charge on any atom is 0.243 e. The Balaban J connectivity index is 1.40. The Morgan fingerprint density at radius 1 is 0.900 bits per heavy atom. The van der Waals surface area contributed by atoms with Crippen molar-refractivity contribution in [1.29, 1.82) is 0 Å². The summed E-state index contributed by atoms with van der Waals surface area (Å²) in [6.45, 7) is 5.40. The molecule has 2 aliphatic rings. The van der Waals surface area contributed by atoms with Crippen LogP contribution in [0.4, 0.5) is 0 Å². The smallest absolute Gasteiger partial charge is 0.243 e. The minimum atomic E-state index is -3.49. The third-order valence-corrected chi connectivity index (χ3v) is 8.49. The quantitative estimate of drug-likeness (QED) is 0.765. The zero-order valence-electron chi connectivity index (χ0n) is 17.7. The first kappa shape index (κ1) is 21.5. The Hall–Kier alpha value is -1.73. The second-order valence-electron chi connectivity index (χ2n) is 8.63. The fraction of sp³-hybridized carbons (Fsp3) is 0.500. The molecule has 1 N–H and O–H groups in total. The highest BCUT2D eigenvalue weighted by molar-refractivity contribution is 7.89. The number of piperidine rings is 1. The molecule has 5 nitrogen and oxygen atoms in total. The molecule has 2 aliphatic heterocycles. The highest BCUT2D eigenvalue weighted by Gasteiger charge is 2.28. The van der Waals surface area contributed by atoms with Crippen LogP contribution in [0.5, 0.6) is 0 Å². The number of hydrogen-bond acceptors (Lipinski definition) is 4. The van der Waals surface area contributed by atoms with E-state index in [4.69, 9.17) is 0 Å². The molecule has 30 heavy (non-hydrogen) atoms. The first-order valence-corrected chi connectivity index (χ1v) is 12.5. The zero-order chi connectivity index (χ0) is 21.1.